The summed E-state index contributed by atoms with van der Waals surface area (Å²) in [6, 6.07) is 6.34. The van der Waals surface area contributed by atoms with Crippen molar-refractivity contribution in [2.24, 2.45) is 0 Å². The summed E-state index contributed by atoms with van der Waals surface area (Å²) in [5, 5.41) is 0. The zero-order chi connectivity index (χ0) is 14.8. The van der Waals surface area contributed by atoms with E-state index in [0.717, 1.165) is 18.8 Å². The Kier molecular flexibility index (Phi) is 8.36. The first-order chi connectivity index (χ1) is 9.67. The predicted octanol–water partition coefficient (Wildman–Crippen LogP) is 4.58. The highest BCUT2D eigenvalue weighted by atomic mass is 16.5. The van der Waals surface area contributed by atoms with Crippen molar-refractivity contribution in [3.05, 3.63) is 29.3 Å². The van der Waals surface area contributed by atoms with Gasteiger partial charge in [-0.2, -0.15) is 0 Å². The number of hydrogen-bond donors (Lipinski definition) is 0. The van der Waals surface area contributed by atoms with Gasteiger partial charge in [-0.15, -0.1) is 0 Å². The molecular weight excluding hydrogens is 246 g/mol. The fourth-order valence-corrected chi connectivity index (χ4v) is 2.32. The highest BCUT2D eigenvalue weighted by Gasteiger charge is 1.99. The number of aryl methyl sites for hydroxylation is 2. The number of nitrogens with zero attached hydrogens (tertiary/aromatic N) is 1. The Bertz CT molecular complexity index is 372. The molecule has 0 unspecified atom stereocenters. The van der Waals surface area contributed by atoms with Crippen LogP contribution in [0.3, 0.4) is 0 Å². The SMILES string of the molecule is CCN(CC)CCCCCCOc1ccc(C)c(C)c1. The molecule has 20 heavy (non-hydrogen) atoms. The van der Waals surface area contributed by atoms with E-state index in [4.69, 9.17) is 4.74 Å². The quantitative estimate of drug-likeness (QED) is 0.580. The third kappa shape index (κ3) is 6.42. The minimum Gasteiger partial charge on any atom is -0.494 e. The molecule has 1 aromatic rings. The average Bonchev–Trinajstić information content (AvgIpc) is 2.46. The Morgan fingerprint density at radius 3 is 2.25 bits per heavy atom. The highest BCUT2D eigenvalue weighted by Crippen LogP contribution is 2.16. The number of hydrogen-bond acceptors (Lipinski definition) is 2. The molecule has 1 rings (SSSR count). The molecule has 0 aromatic heterocycles. The van der Waals surface area contributed by atoms with Crippen molar-refractivity contribution in [3.8, 4) is 5.75 Å². The van der Waals surface area contributed by atoms with Gasteiger partial charge in [-0.3, -0.25) is 0 Å². The minimum atomic E-state index is 0.841. The van der Waals surface area contributed by atoms with Crippen molar-refractivity contribution < 1.29 is 4.74 Å². The van der Waals surface area contributed by atoms with Gasteiger partial charge in [0.1, 0.15) is 5.75 Å². The van der Waals surface area contributed by atoms with Gasteiger partial charge in [0.05, 0.1) is 6.61 Å². The van der Waals surface area contributed by atoms with Gasteiger partial charge in [0.25, 0.3) is 0 Å². The summed E-state index contributed by atoms with van der Waals surface area (Å²) in [5.74, 6) is 1.01. The van der Waals surface area contributed by atoms with E-state index < -0.39 is 0 Å². The largest absolute Gasteiger partial charge is 0.494 e. The van der Waals surface area contributed by atoms with Crippen LogP contribution in [-0.4, -0.2) is 31.1 Å². The lowest BCUT2D eigenvalue weighted by Gasteiger charge is -2.17. The van der Waals surface area contributed by atoms with E-state index in [1.54, 1.807) is 0 Å². The Morgan fingerprint density at radius 2 is 1.60 bits per heavy atom. The van der Waals surface area contributed by atoms with Gasteiger partial charge in [0.15, 0.2) is 0 Å². The summed E-state index contributed by atoms with van der Waals surface area (Å²) < 4.78 is 5.80. The Labute approximate surface area is 125 Å². The molecule has 0 radical (unpaired) electrons. The Balaban J connectivity index is 2.06. The maximum Gasteiger partial charge on any atom is 0.119 e. The summed E-state index contributed by atoms with van der Waals surface area (Å²) in [6.07, 6.45) is 5.05. The van der Waals surface area contributed by atoms with Crippen molar-refractivity contribution in [1.29, 1.82) is 0 Å². The van der Waals surface area contributed by atoms with Crippen LogP contribution in [0, 0.1) is 13.8 Å². The Hall–Kier alpha value is -1.02. The highest BCUT2D eigenvalue weighted by molar-refractivity contribution is 5.33. The van der Waals surface area contributed by atoms with E-state index >= 15 is 0 Å². The zero-order valence-electron chi connectivity index (χ0n) is 13.7. The monoisotopic (exact) mass is 277 g/mol. The number of ether oxygens (including phenoxy) is 1. The predicted molar refractivity (Wildman–Crippen MR) is 87.7 cm³/mol. The van der Waals surface area contributed by atoms with Crippen LogP contribution in [0.4, 0.5) is 0 Å². The third-order valence-electron chi connectivity index (χ3n) is 4.01. The smallest absolute Gasteiger partial charge is 0.119 e. The molecule has 0 fully saturated rings. The van der Waals surface area contributed by atoms with E-state index in [9.17, 15) is 0 Å². The fourth-order valence-electron chi connectivity index (χ4n) is 2.32. The third-order valence-corrected chi connectivity index (χ3v) is 4.01. The second-order valence-electron chi connectivity index (χ2n) is 5.54. The van der Waals surface area contributed by atoms with Crippen LogP contribution < -0.4 is 4.74 Å². The van der Waals surface area contributed by atoms with Crippen LogP contribution >= 0.6 is 0 Å². The zero-order valence-corrected chi connectivity index (χ0v) is 13.7. The van der Waals surface area contributed by atoms with Crippen LogP contribution in [0.25, 0.3) is 0 Å². The maximum absolute atomic E-state index is 5.80. The Morgan fingerprint density at radius 1 is 0.900 bits per heavy atom. The maximum atomic E-state index is 5.80. The number of benzene rings is 1. The molecule has 0 aliphatic heterocycles. The lowest BCUT2D eigenvalue weighted by Crippen LogP contribution is -2.23. The summed E-state index contributed by atoms with van der Waals surface area (Å²) in [6.45, 7) is 13.2. The standard InChI is InChI=1S/C18H31NO/c1-5-19(6-2)13-9-7-8-10-14-20-18-12-11-16(3)17(4)15-18/h11-12,15H,5-10,13-14H2,1-4H3. The molecule has 2 heteroatoms. The van der Waals surface area contributed by atoms with E-state index in [1.807, 2.05) is 0 Å². The van der Waals surface area contributed by atoms with Crippen LogP contribution in [0.1, 0.15) is 50.7 Å². The lowest BCUT2D eigenvalue weighted by molar-refractivity contribution is 0.284. The van der Waals surface area contributed by atoms with Crippen molar-refractivity contribution in [3.63, 3.8) is 0 Å². The molecule has 0 amide bonds. The molecule has 0 bridgehead atoms. The summed E-state index contributed by atoms with van der Waals surface area (Å²) in [4.78, 5) is 2.49. The second-order valence-corrected chi connectivity index (χ2v) is 5.54. The molecule has 0 N–H and O–H groups in total. The first-order valence-corrected chi connectivity index (χ1v) is 8.09. The van der Waals surface area contributed by atoms with E-state index in [-0.39, 0.29) is 0 Å². The lowest BCUT2D eigenvalue weighted by atomic mass is 10.1. The van der Waals surface area contributed by atoms with Gasteiger partial charge in [-0.1, -0.05) is 32.8 Å². The van der Waals surface area contributed by atoms with Crippen molar-refractivity contribution in [1.82, 2.24) is 4.90 Å². The molecule has 0 aliphatic rings. The summed E-state index contributed by atoms with van der Waals surface area (Å²) in [7, 11) is 0. The van der Waals surface area contributed by atoms with Gasteiger partial charge < -0.3 is 9.64 Å². The molecule has 114 valence electrons. The molecule has 0 saturated carbocycles. The molecule has 2 nitrogen and oxygen atoms in total. The normalized spacial score (nSPS) is 11.1. The molecule has 1 aromatic carbocycles. The molecule has 0 heterocycles. The van der Waals surface area contributed by atoms with Crippen LogP contribution in [0.5, 0.6) is 5.75 Å². The van der Waals surface area contributed by atoms with Gasteiger partial charge in [-0.25, -0.2) is 0 Å². The molecule has 0 saturated heterocycles. The van der Waals surface area contributed by atoms with Gasteiger partial charge in [0, 0.05) is 0 Å². The number of rotatable bonds is 10. The van der Waals surface area contributed by atoms with Crippen LogP contribution in [0.15, 0.2) is 18.2 Å². The summed E-state index contributed by atoms with van der Waals surface area (Å²) in [5.41, 5.74) is 2.63. The van der Waals surface area contributed by atoms with Gasteiger partial charge in [-0.05, 0) is 69.6 Å². The molecular formula is C18H31NO. The van der Waals surface area contributed by atoms with Crippen molar-refractivity contribution in [2.45, 2.75) is 53.4 Å². The van der Waals surface area contributed by atoms with Crippen molar-refractivity contribution in [2.75, 3.05) is 26.2 Å². The van der Waals surface area contributed by atoms with Gasteiger partial charge >= 0.3 is 0 Å². The topological polar surface area (TPSA) is 12.5 Å². The molecule has 0 atom stereocenters. The first-order valence-electron chi connectivity index (χ1n) is 8.09. The van der Waals surface area contributed by atoms with Crippen molar-refractivity contribution >= 4 is 0 Å². The van der Waals surface area contributed by atoms with Crippen LogP contribution in [0.2, 0.25) is 0 Å². The van der Waals surface area contributed by atoms with E-state index in [0.29, 0.717) is 0 Å². The second kappa shape index (κ2) is 9.82. The fraction of sp³-hybridized carbons (Fsp3) is 0.667. The van der Waals surface area contributed by atoms with Crippen LogP contribution in [-0.2, 0) is 0 Å². The van der Waals surface area contributed by atoms with E-state index in [1.165, 1.54) is 50.0 Å². The van der Waals surface area contributed by atoms with Gasteiger partial charge in [0.2, 0.25) is 0 Å². The summed E-state index contributed by atoms with van der Waals surface area (Å²) >= 11 is 0. The average molecular weight is 277 g/mol. The number of unbranched alkanes of at least 4 members (excludes halogenated alkanes) is 3. The molecule has 0 spiro atoms. The molecule has 0 aliphatic carbocycles. The minimum absolute atomic E-state index is 0.841. The first kappa shape index (κ1) is 17.0. The van der Waals surface area contributed by atoms with E-state index in [2.05, 4.69) is 50.8 Å².